The number of para-hydroxylation sites is 1. The van der Waals surface area contributed by atoms with Crippen molar-refractivity contribution >= 4 is 52.4 Å². The number of aliphatic imine (C=N–C) groups is 2. The Kier molecular flexibility index (Phi) is 15.2. The maximum atomic E-state index is 13.9. The van der Waals surface area contributed by atoms with Gasteiger partial charge in [-0.3, -0.25) is 34.0 Å². The zero-order valence-corrected chi connectivity index (χ0v) is 28.6. The fourth-order valence-corrected chi connectivity index (χ4v) is 5.41. The van der Waals surface area contributed by atoms with E-state index in [1.807, 2.05) is 30.3 Å². The number of nitrogens with one attached hydrogen (secondary N) is 5. The molecule has 0 saturated heterocycles. The molecule has 0 aliphatic rings. The van der Waals surface area contributed by atoms with Crippen LogP contribution in [0.2, 0.25) is 0 Å². The molecule has 15 N–H and O–H groups in total. The van der Waals surface area contributed by atoms with Gasteiger partial charge in [-0.25, -0.2) is 0 Å². The molecule has 51 heavy (non-hydrogen) atoms. The number of carbonyl (C=O) groups is 5. The van der Waals surface area contributed by atoms with Crippen LogP contribution >= 0.6 is 0 Å². The average Bonchev–Trinajstić information content (AvgIpc) is 3.49. The highest BCUT2D eigenvalue weighted by atomic mass is 16.2. The Balaban J connectivity index is 1.84. The number of guanidine groups is 2. The number of aromatic amines is 1. The third-order valence-electron chi connectivity index (χ3n) is 7.89. The Bertz CT molecular complexity index is 1700. The van der Waals surface area contributed by atoms with Gasteiger partial charge in [-0.05, 0) is 42.9 Å². The van der Waals surface area contributed by atoms with Crippen LogP contribution in [0.5, 0.6) is 0 Å². The number of rotatable bonds is 20. The normalized spacial score (nSPS) is 13.1. The first-order chi connectivity index (χ1) is 24.3. The topological polar surface area (TPSA) is 304 Å². The zero-order chi connectivity index (χ0) is 37.3. The number of aromatic nitrogens is 1. The molecule has 5 amide bonds. The van der Waals surface area contributed by atoms with Crippen molar-refractivity contribution in [3.05, 3.63) is 71.9 Å². The summed E-state index contributed by atoms with van der Waals surface area (Å²) in [7, 11) is 0. The summed E-state index contributed by atoms with van der Waals surface area (Å²) in [6.07, 6.45) is 2.82. The first-order valence-corrected chi connectivity index (χ1v) is 16.5. The molecule has 0 unspecified atom stereocenters. The van der Waals surface area contributed by atoms with Crippen LogP contribution in [0.15, 0.2) is 70.8 Å². The van der Waals surface area contributed by atoms with Gasteiger partial charge in [-0.2, -0.15) is 0 Å². The van der Waals surface area contributed by atoms with Gasteiger partial charge in [0.2, 0.25) is 29.5 Å². The summed E-state index contributed by atoms with van der Waals surface area (Å²) in [5.74, 6) is -3.42. The van der Waals surface area contributed by atoms with Gasteiger partial charge < -0.3 is 54.9 Å². The minimum atomic E-state index is -1.17. The quantitative estimate of drug-likeness (QED) is 0.0371. The van der Waals surface area contributed by atoms with Crippen LogP contribution in [-0.4, -0.2) is 83.7 Å². The van der Waals surface area contributed by atoms with E-state index >= 15 is 0 Å². The van der Waals surface area contributed by atoms with Gasteiger partial charge in [0.25, 0.3) is 0 Å². The van der Waals surface area contributed by atoms with Crippen molar-refractivity contribution in [2.75, 3.05) is 13.1 Å². The second-order valence-corrected chi connectivity index (χ2v) is 12.0. The molecule has 4 atom stereocenters. The number of hydrogen-bond acceptors (Lipinski definition) is 7. The van der Waals surface area contributed by atoms with Crippen LogP contribution in [-0.2, 0) is 36.8 Å². The molecule has 0 spiro atoms. The highest BCUT2D eigenvalue weighted by Crippen LogP contribution is 2.19. The van der Waals surface area contributed by atoms with Gasteiger partial charge in [0.05, 0.1) is 0 Å². The molecule has 3 rings (SSSR count). The summed E-state index contributed by atoms with van der Waals surface area (Å²) in [6, 6.07) is 12.0. The number of hydrogen-bond donors (Lipinski definition) is 10. The van der Waals surface area contributed by atoms with Crippen LogP contribution in [0.1, 0.15) is 43.7 Å². The molecule has 0 fully saturated rings. The van der Waals surface area contributed by atoms with Crippen LogP contribution in [0.4, 0.5) is 0 Å². The molecule has 17 heteroatoms. The molecule has 0 saturated carbocycles. The lowest BCUT2D eigenvalue weighted by Crippen LogP contribution is -2.58. The molecule has 0 aliphatic heterocycles. The van der Waals surface area contributed by atoms with Gasteiger partial charge in [0.15, 0.2) is 11.9 Å². The predicted molar refractivity (Wildman–Crippen MR) is 195 cm³/mol. The van der Waals surface area contributed by atoms with Crippen LogP contribution < -0.4 is 49.9 Å². The summed E-state index contributed by atoms with van der Waals surface area (Å²) in [5, 5.41) is 11.6. The van der Waals surface area contributed by atoms with Crippen LogP contribution in [0.3, 0.4) is 0 Å². The standard InChI is InChI=1S/C34H48N12O5/c1-20(47)43-25(13-7-15-40-33(36)37)30(49)46-28(17-21-9-3-2-4-10-21)32(51)44-26(14-8-16-41-34(38)39)31(50)45-27(29(35)48)18-22-19-42-24-12-6-5-11-23(22)24/h2-6,9-12,19,25-28,42H,7-8,13-18H2,1H3,(H2,35,48)(H,43,47)(H,44,51)(H,45,50)(H,46,49)(H4,36,37,40)(H4,38,39,41)/t25-,26-,27-,28+/m0/s1. The Labute approximate surface area is 295 Å². The number of fused-ring (bicyclic) bond motifs is 1. The lowest BCUT2D eigenvalue weighted by molar-refractivity contribution is -0.134. The van der Waals surface area contributed by atoms with Crippen molar-refractivity contribution in [3.63, 3.8) is 0 Å². The van der Waals surface area contributed by atoms with Crippen molar-refractivity contribution in [2.45, 2.75) is 69.6 Å². The fourth-order valence-electron chi connectivity index (χ4n) is 5.41. The first-order valence-electron chi connectivity index (χ1n) is 16.5. The summed E-state index contributed by atoms with van der Waals surface area (Å²) < 4.78 is 0. The molecule has 274 valence electrons. The number of amides is 5. The molecule has 2 aromatic carbocycles. The molecule has 3 aromatic rings. The smallest absolute Gasteiger partial charge is 0.243 e. The second-order valence-electron chi connectivity index (χ2n) is 12.0. The number of benzene rings is 2. The van der Waals surface area contributed by atoms with E-state index in [1.54, 1.807) is 30.5 Å². The zero-order valence-electron chi connectivity index (χ0n) is 28.6. The molecule has 1 aromatic heterocycles. The van der Waals surface area contributed by atoms with Gasteiger partial charge in [0.1, 0.15) is 24.2 Å². The lowest BCUT2D eigenvalue weighted by atomic mass is 10.0. The lowest BCUT2D eigenvalue weighted by Gasteiger charge is -2.26. The highest BCUT2D eigenvalue weighted by molar-refractivity contribution is 5.95. The Morgan fingerprint density at radius 1 is 0.647 bits per heavy atom. The summed E-state index contributed by atoms with van der Waals surface area (Å²) >= 11 is 0. The monoisotopic (exact) mass is 704 g/mol. The minimum absolute atomic E-state index is 0.0615. The van der Waals surface area contributed by atoms with Crippen LogP contribution in [0.25, 0.3) is 10.9 Å². The van der Waals surface area contributed by atoms with E-state index in [-0.39, 0.29) is 57.1 Å². The van der Waals surface area contributed by atoms with Gasteiger partial charge in [0, 0.05) is 50.0 Å². The van der Waals surface area contributed by atoms with E-state index in [2.05, 4.69) is 36.2 Å². The van der Waals surface area contributed by atoms with E-state index in [9.17, 15) is 24.0 Å². The molecular formula is C34H48N12O5. The first kappa shape index (κ1) is 39.3. The van der Waals surface area contributed by atoms with Gasteiger partial charge in [-0.1, -0.05) is 48.5 Å². The molecule has 0 aliphatic carbocycles. The number of H-pyrrole nitrogens is 1. The number of nitrogens with zero attached hydrogens (tertiary/aromatic N) is 2. The molecule has 0 bridgehead atoms. The predicted octanol–water partition coefficient (Wildman–Crippen LogP) is -1.50. The third-order valence-corrected chi connectivity index (χ3v) is 7.89. The van der Waals surface area contributed by atoms with E-state index in [0.29, 0.717) is 6.42 Å². The molecular weight excluding hydrogens is 656 g/mol. The van der Waals surface area contributed by atoms with Gasteiger partial charge >= 0.3 is 0 Å². The van der Waals surface area contributed by atoms with E-state index in [1.165, 1.54) is 6.92 Å². The van der Waals surface area contributed by atoms with Crippen molar-refractivity contribution in [3.8, 4) is 0 Å². The highest BCUT2D eigenvalue weighted by Gasteiger charge is 2.31. The summed E-state index contributed by atoms with van der Waals surface area (Å²) in [4.78, 5) is 76.7. The second kappa shape index (κ2) is 19.8. The largest absolute Gasteiger partial charge is 0.370 e. The Morgan fingerprint density at radius 2 is 1.16 bits per heavy atom. The van der Waals surface area contributed by atoms with Gasteiger partial charge in [-0.15, -0.1) is 0 Å². The van der Waals surface area contributed by atoms with Crippen molar-refractivity contribution in [1.82, 2.24) is 26.3 Å². The summed E-state index contributed by atoms with van der Waals surface area (Å²) in [6.45, 7) is 1.66. The Hall–Kier alpha value is -6.13. The SMILES string of the molecule is CC(=O)N[C@@H](CCCN=C(N)N)C(=O)N[C@H](Cc1ccccc1)C(=O)N[C@@H](CCCN=C(N)N)C(=O)N[C@@H](Cc1c[nH]c2ccccc12)C(N)=O. The van der Waals surface area contributed by atoms with E-state index < -0.39 is 53.7 Å². The third kappa shape index (κ3) is 13.4. The number of primary amides is 1. The minimum Gasteiger partial charge on any atom is -0.370 e. The average molecular weight is 705 g/mol. The fraction of sp³-hybridized carbons (Fsp3) is 0.382. The maximum absolute atomic E-state index is 13.9. The van der Waals surface area contributed by atoms with Crippen molar-refractivity contribution in [2.24, 2.45) is 38.7 Å². The van der Waals surface area contributed by atoms with E-state index in [0.717, 1.165) is 22.0 Å². The number of carbonyl (C=O) groups excluding carboxylic acids is 5. The van der Waals surface area contributed by atoms with Crippen molar-refractivity contribution in [1.29, 1.82) is 0 Å². The van der Waals surface area contributed by atoms with Crippen LogP contribution in [0, 0.1) is 0 Å². The Morgan fingerprint density at radius 3 is 1.73 bits per heavy atom. The maximum Gasteiger partial charge on any atom is 0.243 e. The number of nitrogens with two attached hydrogens (primary N) is 5. The molecule has 17 nitrogen and oxygen atoms in total. The summed E-state index contributed by atoms with van der Waals surface area (Å²) in [5.41, 5.74) is 29.8. The van der Waals surface area contributed by atoms with E-state index in [4.69, 9.17) is 28.7 Å². The van der Waals surface area contributed by atoms with Crippen molar-refractivity contribution < 1.29 is 24.0 Å². The molecule has 0 radical (unpaired) electrons. The molecule has 1 heterocycles.